The molecular weight excluding hydrogens is 328 g/mol. The molecule has 0 aliphatic carbocycles. The van der Waals surface area contributed by atoms with Gasteiger partial charge in [0.2, 0.25) is 0 Å². The average Bonchev–Trinajstić information content (AvgIpc) is 2.64. The van der Waals surface area contributed by atoms with E-state index < -0.39 is 11.7 Å². The first kappa shape index (κ1) is 18.5. The van der Waals surface area contributed by atoms with E-state index in [1.54, 1.807) is 7.11 Å². The lowest BCUT2D eigenvalue weighted by Crippen LogP contribution is -2.52. The summed E-state index contributed by atoms with van der Waals surface area (Å²) in [5, 5.41) is 17.5. The third-order valence-electron chi connectivity index (χ3n) is 4.96. The van der Waals surface area contributed by atoms with Crippen molar-refractivity contribution in [2.75, 3.05) is 26.0 Å². The van der Waals surface area contributed by atoms with Crippen LogP contribution in [0.3, 0.4) is 0 Å². The first-order chi connectivity index (χ1) is 12.5. The summed E-state index contributed by atoms with van der Waals surface area (Å²) >= 11 is 0. The van der Waals surface area contributed by atoms with Crippen molar-refractivity contribution < 1.29 is 14.6 Å². The molecule has 0 fully saturated rings. The molecule has 0 radical (unpaired) electrons. The molecule has 26 heavy (non-hydrogen) atoms. The van der Waals surface area contributed by atoms with Crippen molar-refractivity contribution >= 4 is 5.69 Å². The number of aliphatic hydroxyl groups excluding tert-OH is 1. The van der Waals surface area contributed by atoms with Crippen molar-refractivity contribution in [3.05, 3.63) is 53.6 Å². The van der Waals surface area contributed by atoms with E-state index in [0.717, 1.165) is 35.7 Å². The summed E-state index contributed by atoms with van der Waals surface area (Å²) in [6.45, 7) is 4.59. The van der Waals surface area contributed by atoms with Crippen LogP contribution in [0.4, 0.5) is 5.69 Å². The Hall–Kier alpha value is -2.24. The quantitative estimate of drug-likeness (QED) is 0.742. The van der Waals surface area contributed by atoms with Crippen LogP contribution in [-0.4, -0.2) is 37.5 Å². The molecule has 1 aliphatic rings. The van der Waals surface area contributed by atoms with Gasteiger partial charge in [-0.3, -0.25) is 0 Å². The normalized spacial score (nSPS) is 20.8. The molecule has 1 heterocycles. The topological polar surface area (TPSA) is 62.8 Å². The second kappa shape index (κ2) is 7.56. The SMILES string of the molecule is CNc1cc2c(cc1OC)C(NCCc1ccccc1)C(O)C(C)(C)O2. The number of benzene rings is 2. The van der Waals surface area contributed by atoms with Gasteiger partial charge in [0, 0.05) is 18.7 Å². The van der Waals surface area contributed by atoms with Crippen LogP contribution in [0.2, 0.25) is 0 Å². The smallest absolute Gasteiger partial charge is 0.142 e. The Bertz CT molecular complexity index is 746. The number of anilines is 1. The molecule has 1 aliphatic heterocycles. The second-order valence-corrected chi connectivity index (χ2v) is 7.16. The van der Waals surface area contributed by atoms with Gasteiger partial charge in [0.05, 0.1) is 18.8 Å². The lowest BCUT2D eigenvalue weighted by molar-refractivity contribution is -0.0644. The fraction of sp³-hybridized carbons (Fsp3) is 0.429. The maximum absolute atomic E-state index is 10.9. The van der Waals surface area contributed by atoms with Crippen LogP contribution >= 0.6 is 0 Å². The standard InChI is InChI=1S/C21H28N2O3/c1-21(2)20(24)19(23-11-10-14-8-6-5-7-9-14)15-12-18(25-4)16(22-3)13-17(15)26-21/h5-9,12-13,19-20,22-24H,10-11H2,1-4H3. The van der Waals surface area contributed by atoms with Gasteiger partial charge in [-0.1, -0.05) is 30.3 Å². The van der Waals surface area contributed by atoms with E-state index in [-0.39, 0.29) is 6.04 Å². The number of hydrogen-bond donors (Lipinski definition) is 3. The summed E-state index contributed by atoms with van der Waals surface area (Å²) in [6.07, 6.45) is 0.225. The Balaban J connectivity index is 1.86. The minimum Gasteiger partial charge on any atom is -0.495 e. The molecule has 0 saturated carbocycles. The van der Waals surface area contributed by atoms with E-state index in [2.05, 4.69) is 22.8 Å². The first-order valence-corrected chi connectivity index (χ1v) is 9.00. The number of hydrogen-bond acceptors (Lipinski definition) is 5. The van der Waals surface area contributed by atoms with Crippen LogP contribution < -0.4 is 20.1 Å². The van der Waals surface area contributed by atoms with E-state index in [1.165, 1.54) is 5.56 Å². The number of ether oxygens (including phenoxy) is 2. The van der Waals surface area contributed by atoms with Gasteiger partial charge in [-0.05, 0) is 38.4 Å². The molecule has 0 aromatic heterocycles. The molecule has 2 unspecified atom stereocenters. The number of fused-ring (bicyclic) bond motifs is 1. The van der Waals surface area contributed by atoms with Crippen molar-refractivity contribution in [1.82, 2.24) is 5.32 Å². The number of methoxy groups -OCH3 is 1. The molecule has 0 saturated heterocycles. The fourth-order valence-electron chi connectivity index (χ4n) is 3.42. The lowest BCUT2D eigenvalue weighted by atomic mass is 9.86. The van der Waals surface area contributed by atoms with Crippen LogP contribution in [0, 0.1) is 0 Å². The van der Waals surface area contributed by atoms with Crippen molar-refractivity contribution in [1.29, 1.82) is 0 Å². The largest absolute Gasteiger partial charge is 0.495 e. The molecule has 0 bridgehead atoms. The zero-order valence-electron chi connectivity index (χ0n) is 15.9. The summed E-state index contributed by atoms with van der Waals surface area (Å²) in [6, 6.07) is 14.0. The summed E-state index contributed by atoms with van der Waals surface area (Å²) in [5.41, 5.74) is 2.36. The van der Waals surface area contributed by atoms with Gasteiger partial charge in [-0.15, -0.1) is 0 Å². The highest BCUT2D eigenvalue weighted by molar-refractivity contribution is 5.63. The molecule has 0 spiro atoms. The van der Waals surface area contributed by atoms with Crippen LogP contribution in [0.1, 0.15) is 31.0 Å². The first-order valence-electron chi connectivity index (χ1n) is 9.00. The van der Waals surface area contributed by atoms with E-state index in [0.29, 0.717) is 0 Å². The van der Waals surface area contributed by atoms with Gasteiger partial charge in [-0.2, -0.15) is 0 Å². The van der Waals surface area contributed by atoms with Gasteiger partial charge in [-0.25, -0.2) is 0 Å². The van der Waals surface area contributed by atoms with Gasteiger partial charge in [0.1, 0.15) is 23.2 Å². The maximum Gasteiger partial charge on any atom is 0.142 e. The Morgan fingerprint density at radius 3 is 2.58 bits per heavy atom. The van der Waals surface area contributed by atoms with E-state index in [4.69, 9.17) is 9.47 Å². The van der Waals surface area contributed by atoms with Crippen LogP contribution in [0.15, 0.2) is 42.5 Å². The number of nitrogens with one attached hydrogen (secondary N) is 2. The maximum atomic E-state index is 10.9. The van der Waals surface area contributed by atoms with Crippen molar-refractivity contribution in [2.24, 2.45) is 0 Å². The molecular formula is C21H28N2O3. The van der Waals surface area contributed by atoms with Gasteiger partial charge in [0.15, 0.2) is 0 Å². The predicted molar refractivity (Wildman–Crippen MR) is 104 cm³/mol. The van der Waals surface area contributed by atoms with Crippen LogP contribution in [0.5, 0.6) is 11.5 Å². The molecule has 5 nitrogen and oxygen atoms in total. The molecule has 0 amide bonds. The van der Waals surface area contributed by atoms with Crippen LogP contribution in [0.25, 0.3) is 0 Å². The van der Waals surface area contributed by atoms with Gasteiger partial charge >= 0.3 is 0 Å². The second-order valence-electron chi connectivity index (χ2n) is 7.16. The minimum absolute atomic E-state index is 0.225. The van der Waals surface area contributed by atoms with Crippen molar-refractivity contribution in [2.45, 2.75) is 38.0 Å². The predicted octanol–water partition coefficient (Wildman–Crippen LogP) is 3.14. The average molecular weight is 356 g/mol. The Morgan fingerprint density at radius 2 is 1.92 bits per heavy atom. The van der Waals surface area contributed by atoms with Gasteiger partial charge < -0.3 is 25.2 Å². The lowest BCUT2D eigenvalue weighted by Gasteiger charge is -2.42. The zero-order valence-corrected chi connectivity index (χ0v) is 15.9. The molecule has 2 aromatic rings. The highest BCUT2D eigenvalue weighted by atomic mass is 16.5. The number of aliphatic hydroxyl groups is 1. The third kappa shape index (κ3) is 3.64. The van der Waals surface area contributed by atoms with Crippen molar-refractivity contribution in [3.8, 4) is 11.5 Å². The third-order valence-corrected chi connectivity index (χ3v) is 4.96. The summed E-state index contributed by atoms with van der Waals surface area (Å²) < 4.78 is 11.6. The fourth-order valence-corrected chi connectivity index (χ4v) is 3.42. The molecule has 2 aromatic carbocycles. The minimum atomic E-state index is -0.684. The Kier molecular flexibility index (Phi) is 5.39. The summed E-state index contributed by atoms with van der Waals surface area (Å²) in [5.74, 6) is 1.50. The molecule has 3 rings (SSSR count). The van der Waals surface area contributed by atoms with E-state index in [9.17, 15) is 5.11 Å². The van der Waals surface area contributed by atoms with Gasteiger partial charge in [0.25, 0.3) is 0 Å². The highest BCUT2D eigenvalue weighted by Gasteiger charge is 2.43. The zero-order chi connectivity index (χ0) is 18.7. The highest BCUT2D eigenvalue weighted by Crippen LogP contribution is 2.44. The number of rotatable bonds is 6. The molecule has 140 valence electrons. The molecule has 5 heteroatoms. The summed E-state index contributed by atoms with van der Waals surface area (Å²) in [4.78, 5) is 0. The Labute approximate surface area is 155 Å². The monoisotopic (exact) mass is 356 g/mol. The van der Waals surface area contributed by atoms with E-state index >= 15 is 0 Å². The molecule has 2 atom stereocenters. The van der Waals surface area contributed by atoms with Crippen LogP contribution in [-0.2, 0) is 6.42 Å². The van der Waals surface area contributed by atoms with E-state index in [1.807, 2.05) is 51.2 Å². The molecule has 3 N–H and O–H groups in total. The summed E-state index contributed by atoms with van der Waals surface area (Å²) in [7, 11) is 3.49. The van der Waals surface area contributed by atoms with Crippen molar-refractivity contribution in [3.63, 3.8) is 0 Å². The Morgan fingerprint density at radius 1 is 1.19 bits per heavy atom.